The van der Waals surface area contributed by atoms with Crippen LogP contribution in [0.5, 0.6) is 0 Å². The number of benzene rings is 2. The molecule has 0 aliphatic carbocycles. The van der Waals surface area contributed by atoms with Gasteiger partial charge in [-0.3, -0.25) is 9.78 Å². The highest BCUT2D eigenvalue weighted by atomic mass is 32.2. The number of fused-ring (bicyclic) bond motifs is 1. The Kier molecular flexibility index (Phi) is 5.01. The largest absolute Gasteiger partial charge is 0.335 e. The third kappa shape index (κ3) is 3.58. The molecule has 0 atom stereocenters. The standard InChI is InChI=1S/C20H17F2N3O3S/c21-15-5-6-18(17(22)13-15)29(27,28)25-11-9-24(10-12-25)20(26)19-16-4-2-1-3-14(16)7-8-23-19/h1-8,13H,9-12H2. The monoisotopic (exact) mass is 417 g/mol. The summed E-state index contributed by atoms with van der Waals surface area (Å²) in [7, 11) is -4.12. The number of amides is 1. The van der Waals surface area contributed by atoms with E-state index in [1.807, 2.05) is 30.3 Å². The fourth-order valence-corrected chi connectivity index (χ4v) is 4.86. The third-order valence-corrected chi connectivity index (χ3v) is 6.85. The molecule has 1 aliphatic rings. The van der Waals surface area contributed by atoms with E-state index in [4.69, 9.17) is 0 Å². The molecule has 0 unspecified atom stereocenters. The molecule has 1 fully saturated rings. The van der Waals surface area contributed by atoms with E-state index < -0.39 is 26.6 Å². The number of pyridine rings is 1. The van der Waals surface area contributed by atoms with Crippen molar-refractivity contribution >= 4 is 26.7 Å². The van der Waals surface area contributed by atoms with E-state index in [0.717, 1.165) is 27.2 Å². The smallest absolute Gasteiger partial charge is 0.273 e. The van der Waals surface area contributed by atoms with Crippen LogP contribution in [-0.4, -0.2) is 54.7 Å². The number of hydrogen-bond acceptors (Lipinski definition) is 4. The van der Waals surface area contributed by atoms with E-state index in [9.17, 15) is 22.0 Å². The molecule has 1 aromatic heterocycles. The van der Waals surface area contributed by atoms with Crippen LogP contribution < -0.4 is 0 Å². The predicted octanol–water partition coefficient (Wildman–Crippen LogP) is 2.66. The average molecular weight is 417 g/mol. The summed E-state index contributed by atoms with van der Waals surface area (Å²) in [6.45, 7) is 0.308. The van der Waals surface area contributed by atoms with Crippen molar-refractivity contribution in [1.29, 1.82) is 0 Å². The van der Waals surface area contributed by atoms with Crippen LogP contribution in [0, 0.1) is 11.6 Å². The van der Waals surface area contributed by atoms with Gasteiger partial charge in [-0.1, -0.05) is 24.3 Å². The number of carbonyl (C=O) groups is 1. The summed E-state index contributed by atoms with van der Waals surface area (Å²) >= 11 is 0. The molecule has 150 valence electrons. The topological polar surface area (TPSA) is 70.6 Å². The van der Waals surface area contributed by atoms with Gasteiger partial charge in [-0.15, -0.1) is 0 Å². The normalized spacial score (nSPS) is 15.6. The second-order valence-electron chi connectivity index (χ2n) is 6.65. The molecule has 9 heteroatoms. The lowest BCUT2D eigenvalue weighted by atomic mass is 10.1. The molecule has 29 heavy (non-hydrogen) atoms. The van der Waals surface area contributed by atoms with Gasteiger partial charge in [-0.05, 0) is 23.6 Å². The van der Waals surface area contributed by atoms with Crippen LogP contribution in [0.3, 0.4) is 0 Å². The molecule has 3 aromatic rings. The molecule has 4 rings (SSSR count). The molecule has 6 nitrogen and oxygen atoms in total. The first-order chi connectivity index (χ1) is 13.9. The highest BCUT2D eigenvalue weighted by Gasteiger charge is 2.32. The highest BCUT2D eigenvalue weighted by molar-refractivity contribution is 7.89. The lowest BCUT2D eigenvalue weighted by molar-refractivity contribution is 0.0694. The summed E-state index contributed by atoms with van der Waals surface area (Å²) in [5.74, 6) is -2.27. The van der Waals surface area contributed by atoms with Crippen molar-refractivity contribution in [2.75, 3.05) is 26.2 Å². The van der Waals surface area contributed by atoms with Crippen molar-refractivity contribution in [2.45, 2.75) is 4.90 Å². The Morgan fingerprint density at radius 1 is 0.966 bits per heavy atom. The number of sulfonamides is 1. The maximum absolute atomic E-state index is 14.0. The minimum Gasteiger partial charge on any atom is -0.335 e. The molecular formula is C20H17F2N3O3S. The maximum Gasteiger partial charge on any atom is 0.273 e. The van der Waals surface area contributed by atoms with Crippen LogP contribution in [0.4, 0.5) is 8.78 Å². The molecule has 0 spiro atoms. The number of aromatic nitrogens is 1. The van der Waals surface area contributed by atoms with Gasteiger partial charge < -0.3 is 4.90 Å². The van der Waals surface area contributed by atoms with Gasteiger partial charge in [0.1, 0.15) is 22.2 Å². The van der Waals surface area contributed by atoms with E-state index in [1.165, 1.54) is 4.90 Å². The molecule has 2 aromatic carbocycles. The predicted molar refractivity (Wildman–Crippen MR) is 103 cm³/mol. The first kappa shape index (κ1) is 19.4. The number of hydrogen-bond donors (Lipinski definition) is 0. The van der Waals surface area contributed by atoms with Crippen molar-refractivity contribution in [3.63, 3.8) is 0 Å². The van der Waals surface area contributed by atoms with Crippen LogP contribution >= 0.6 is 0 Å². The SMILES string of the molecule is O=C(c1nccc2ccccc12)N1CCN(S(=O)(=O)c2ccc(F)cc2F)CC1. The van der Waals surface area contributed by atoms with Crippen molar-refractivity contribution in [1.82, 2.24) is 14.2 Å². The van der Waals surface area contributed by atoms with Gasteiger partial charge in [0.2, 0.25) is 10.0 Å². The fourth-order valence-electron chi connectivity index (χ4n) is 3.39. The maximum atomic E-state index is 14.0. The molecule has 0 saturated carbocycles. The molecule has 2 heterocycles. The van der Waals surface area contributed by atoms with E-state index in [-0.39, 0.29) is 32.1 Å². The van der Waals surface area contributed by atoms with E-state index in [0.29, 0.717) is 11.8 Å². The second-order valence-corrected chi connectivity index (χ2v) is 8.56. The van der Waals surface area contributed by atoms with Crippen molar-refractivity contribution < 1.29 is 22.0 Å². The van der Waals surface area contributed by atoms with Gasteiger partial charge in [0.05, 0.1) is 0 Å². The number of rotatable bonds is 3. The van der Waals surface area contributed by atoms with Gasteiger partial charge >= 0.3 is 0 Å². The summed E-state index contributed by atoms with van der Waals surface area (Å²) in [6.07, 6.45) is 1.56. The second kappa shape index (κ2) is 7.49. The Morgan fingerprint density at radius 2 is 1.69 bits per heavy atom. The Bertz CT molecular complexity index is 1190. The summed E-state index contributed by atoms with van der Waals surface area (Å²) in [5, 5.41) is 1.61. The third-order valence-electron chi connectivity index (χ3n) is 4.91. The zero-order valence-corrected chi connectivity index (χ0v) is 16.1. The van der Waals surface area contributed by atoms with E-state index in [2.05, 4.69) is 4.98 Å². The Hall–Kier alpha value is -2.91. The number of nitrogens with zero attached hydrogens (tertiary/aromatic N) is 3. The van der Waals surface area contributed by atoms with E-state index >= 15 is 0 Å². The average Bonchev–Trinajstić information content (AvgIpc) is 2.72. The molecule has 1 aliphatic heterocycles. The van der Waals surface area contributed by atoms with Crippen molar-refractivity contribution in [3.05, 3.63) is 72.1 Å². The molecule has 0 bridgehead atoms. The van der Waals surface area contributed by atoms with Crippen molar-refractivity contribution in [2.24, 2.45) is 0 Å². The molecule has 1 amide bonds. The van der Waals surface area contributed by atoms with Gasteiger partial charge in [0, 0.05) is 43.8 Å². The van der Waals surface area contributed by atoms with Crippen LogP contribution in [0.1, 0.15) is 10.5 Å². The van der Waals surface area contributed by atoms with Gasteiger partial charge in [-0.25, -0.2) is 17.2 Å². The number of halogens is 2. The quantitative estimate of drug-likeness (QED) is 0.657. The highest BCUT2D eigenvalue weighted by Crippen LogP contribution is 2.23. The van der Waals surface area contributed by atoms with Crippen LogP contribution in [0.2, 0.25) is 0 Å². The van der Waals surface area contributed by atoms with Crippen LogP contribution in [0.25, 0.3) is 10.8 Å². The van der Waals surface area contributed by atoms with Gasteiger partial charge in [0.15, 0.2) is 0 Å². The number of piperazine rings is 1. The fraction of sp³-hybridized carbons (Fsp3) is 0.200. The minimum atomic E-state index is -4.12. The molecule has 0 N–H and O–H groups in total. The Labute approximate surface area is 166 Å². The zero-order valence-electron chi connectivity index (χ0n) is 15.3. The van der Waals surface area contributed by atoms with E-state index in [1.54, 1.807) is 6.20 Å². The van der Waals surface area contributed by atoms with Crippen LogP contribution in [-0.2, 0) is 10.0 Å². The number of carbonyl (C=O) groups excluding carboxylic acids is 1. The Morgan fingerprint density at radius 3 is 2.41 bits per heavy atom. The first-order valence-electron chi connectivity index (χ1n) is 8.96. The first-order valence-corrected chi connectivity index (χ1v) is 10.4. The summed E-state index contributed by atoms with van der Waals surface area (Å²) < 4.78 is 53.5. The lowest BCUT2D eigenvalue weighted by Gasteiger charge is -2.34. The molecule has 1 saturated heterocycles. The summed E-state index contributed by atoms with van der Waals surface area (Å²) in [4.78, 5) is 18.1. The van der Waals surface area contributed by atoms with Crippen LogP contribution in [0.15, 0.2) is 59.6 Å². The van der Waals surface area contributed by atoms with Crippen molar-refractivity contribution in [3.8, 4) is 0 Å². The summed E-state index contributed by atoms with van der Waals surface area (Å²) in [6, 6.07) is 11.6. The zero-order chi connectivity index (χ0) is 20.6. The van der Waals surface area contributed by atoms with Gasteiger partial charge in [0.25, 0.3) is 5.91 Å². The Balaban J connectivity index is 1.52. The molecule has 0 radical (unpaired) electrons. The van der Waals surface area contributed by atoms with Gasteiger partial charge in [-0.2, -0.15) is 4.31 Å². The summed E-state index contributed by atoms with van der Waals surface area (Å²) in [5.41, 5.74) is 0.309. The molecular weight excluding hydrogens is 400 g/mol. The lowest BCUT2D eigenvalue weighted by Crippen LogP contribution is -2.50. The minimum absolute atomic E-state index is 0.00958.